The summed E-state index contributed by atoms with van der Waals surface area (Å²) in [6.07, 6.45) is -3.60. The number of sulfonamides is 1. The molecule has 1 saturated heterocycles. The average molecular weight is 449 g/mol. The predicted molar refractivity (Wildman–Crippen MR) is 104 cm³/mol. The van der Waals surface area contributed by atoms with E-state index in [-0.39, 0.29) is 44.5 Å². The molecule has 2 amide bonds. The van der Waals surface area contributed by atoms with Crippen molar-refractivity contribution in [2.24, 2.45) is 5.92 Å². The molecular formula is C19H26F3N3O4S. The Labute approximate surface area is 174 Å². The highest BCUT2D eigenvalue weighted by atomic mass is 32.2. The van der Waals surface area contributed by atoms with Crippen LogP contribution in [0.15, 0.2) is 29.2 Å². The van der Waals surface area contributed by atoms with Gasteiger partial charge in [-0.15, -0.1) is 0 Å². The molecule has 168 valence electrons. The van der Waals surface area contributed by atoms with Crippen LogP contribution in [0.2, 0.25) is 0 Å². The molecule has 0 aromatic heterocycles. The highest BCUT2D eigenvalue weighted by molar-refractivity contribution is 7.89. The number of piperazine rings is 1. The maximum atomic E-state index is 12.9. The number of hydrogen-bond donors (Lipinski definition) is 1. The molecule has 0 aliphatic carbocycles. The maximum Gasteiger partial charge on any atom is 0.416 e. The van der Waals surface area contributed by atoms with Crippen LogP contribution in [0.4, 0.5) is 13.2 Å². The fourth-order valence-corrected chi connectivity index (χ4v) is 4.42. The highest BCUT2D eigenvalue weighted by Crippen LogP contribution is 2.31. The second-order valence-electron chi connectivity index (χ2n) is 7.52. The number of hydrogen-bond acceptors (Lipinski definition) is 4. The average Bonchev–Trinajstić information content (AvgIpc) is 2.70. The summed E-state index contributed by atoms with van der Waals surface area (Å²) in [5, 5.41) is 2.55. The van der Waals surface area contributed by atoms with Crippen LogP contribution in [-0.2, 0) is 25.8 Å². The molecule has 1 aromatic carbocycles. The fraction of sp³-hybridized carbons (Fsp3) is 0.579. The van der Waals surface area contributed by atoms with Gasteiger partial charge in [-0.05, 0) is 30.5 Å². The van der Waals surface area contributed by atoms with Gasteiger partial charge in [-0.3, -0.25) is 9.59 Å². The molecule has 1 heterocycles. The van der Waals surface area contributed by atoms with Crippen LogP contribution in [0.25, 0.3) is 0 Å². The summed E-state index contributed by atoms with van der Waals surface area (Å²) in [6, 6.07) is 3.59. The molecule has 0 radical (unpaired) electrons. The topological polar surface area (TPSA) is 86.8 Å². The number of rotatable bonds is 7. The fourth-order valence-electron chi connectivity index (χ4n) is 2.95. The van der Waals surface area contributed by atoms with Crippen molar-refractivity contribution in [3.05, 3.63) is 29.8 Å². The lowest BCUT2D eigenvalue weighted by Gasteiger charge is -2.34. The van der Waals surface area contributed by atoms with Gasteiger partial charge in [0.15, 0.2) is 0 Å². The molecule has 0 unspecified atom stereocenters. The van der Waals surface area contributed by atoms with Crippen molar-refractivity contribution in [1.82, 2.24) is 14.5 Å². The van der Waals surface area contributed by atoms with Gasteiger partial charge < -0.3 is 10.2 Å². The van der Waals surface area contributed by atoms with E-state index in [1.54, 1.807) is 0 Å². The van der Waals surface area contributed by atoms with E-state index in [1.165, 1.54) is 4.90 Å². The molecule has 0 spiro atoms. The summed E-state index contributed by atoms with van der Waals surface area (Å²) in [6.45, 7) is 3.93. The number of amides is 2. The number of nitrogens with one attached hydrogen (secondary N) is 1. The number of benzene rings is 1. The predicted octanol–water partition coefficient (Wildman–Crippen LogP) is 2.09. The van der Waals surface area contributed by atoms with E-state index in [2.05, 4.69) is 5.32 Å². The minimum atomic E-state index is -4.64. The quantitative estimate of drug-likeness (QED) is 0.691. The SMILES string of the molecule is CC(C)CCC(=O)NCC(=O)N1CCN(S(=O)(=O)c2cccc(C(F)(F)F)c2)CC1. The third-order valence-electron chi connectivity index (χ3n) is 4.78. The zero-order valence-electron chi connectivity index (χ0n) is 16.9. The van der Waals surface area contributed by atoms with Crippen LogP contribution in [0.3, 0.4) is 0 Å². The molecule has 1 aromatic rings. The molecule has 7 nitrogen and oxygen atoms in total. The van der Waals surface area contributed by atoms with Gasteiger partial charge in [0, 0.05) is 32.6 Å². The molecule has 0 bridgehead atoms. The van der Waals surface area contributed by atoms with E-state index in [4.69, 9.17) is 0 Å². The van der Waals surface area contributed by atoms with Crippen LogP contribution >= 0.6 is 0 Å². The van der Waals surface area contributed by atoms with Gasteiger partial charge in [-0.1, -0.05) is 19.9 Å². The number of carbonyl (C=O) groups is 2. The van der Waals surface area contributed by atoms with Crippen LogP contribution in [-0.4, -0.2) is 62.2 Å². The highest BCUT2D eigenvalue weighted by Gasteiger charge is 2.34. The first-order valence-corrected chi connectivity index (χ1v) is 11.1. The lowest BCUT2D eigenvalue weighted by Crippen LogP contribution is -2.52. The summed E-state index contributed by atoms with van der Waals surface area (Å²) in [5.41, 5.74) is -1.04. The van der Waals surface area contributed by atoms with E-state index in [9.17, 15) is 31.2 Å². The number of carbonyl (C=O) groups excluding carboxylic acids is 2. The van der Waals surface area contributed by atoms with Crippen molar-refractivity contribution >= 4 is 21.8 Å². The zero-order valence-corrected chi connectivity index (χ0v) is 17.7. The Morgan fingerprint density at radius 2 is 1.77 bits per heavy atom. The van der Waals surface area contributed by atoms with Crippen LogP contribution < -0.4 is 5.32 Å². The number of nitrogens with zero attached hydrogens (tertiary/aromatic N) is 2. The van der Waals surface area contributed by atoms with E-state index >= 15 is 0 Å². The van der Waals surface area contributed by atoms with Gasteiger partial charge >= 0.3 is 6.18 Å². The molecule has 0 atom stereocenters. The van der Waals surface area contributed by atoms with Gasteiger partial charge in [-0.25, -0.2) is 8.42 Å². The summed E-state index contributed by atoms with van der Waals surface area (Å²) >= 11 is 0. The second-order valence-corrected chi connectivity index (χ2v) is 9.46. The van der Waals surface area contributed by atoms with Crippen molar-refractivity contribution in [2.75, 3.05) is 32.7 Å². The molecule has 1 aliphatic rings. The second kappa shape index (κ2) is 9.78. The maximum absolute atomic E-state index is 12.9. The van der Waals surface area contributed by atoms with Crippen molar-refractivity contribution in [1.29, 1.82) is 0 Å². The normalized spacial score (nSPS) is 16.0. The van der Waals surface area contributed by atoms with Crippen LogP contribution in [0.1, 0.15) is 32.3 Å². The molecule has 2 rings (SSSR count). The van der Waals surface area contributed by atoms with Crippen LogP contribution in [0, 0.1) is 5.92 Å². The lowest BCUT2D eigenvalue weighted by atomic mass is 10.1. The van der Waals surface area contributed by atoms with E-state index in [0.29, 0.717) is 24.8 Å². The Kier molecular flexibility index (Phi) is 7.87. The van der Waals surface area contributed by atoms with Gasteiger partial charge in [0.2, 0.25) is 21.8 Å². The van der Waals surface area contributed by atoms with Crippen LogP contribution in [0.5, 0.6) is 0 Å². The summed E-state index contributed by atoms with van der Waals surface area (Å²) in [7, 11) is -4.11. The Balaban J connectivity index is 1.92. The third-order valence-corrected chi connectivity index (χ3v) is 6.67. The smallest absolute Gasteiger partial charge is 0.347 e. The van der Waals surface area contributed by atoms with E-state index in [1.807, 2.05) is 13.8 Å². The largest absolute Gasteiger partial charge is 0.416 e. The van der Waals surface area contributed by atoms with Gasteiger partial charge in [0.25, 0.3) is 0 Å². The van der Waals surface area contributed by atoms with Gasteiger partial charge in [0.05, 0.1) is 17.0 Å². The van der Waals surface area contributed by atoms with Crippen molar-refractivity contribution in [3.63, 3.8) is 0 Å². The van der Waals surface area contributed by atoms with Crippen molar-refractivity contribution in [2.45, 2.75) is 37.8 Å². The standard InChI is InChI=1S/C19H26F3N3O4S/c1-14(2)6-7-17(26)23-13-18(27)24-8-10-25(11-9-24)30(28,29)16-5-3-4-15(12-16)19(20,21)22/h3-5,12,14H,6-11,13H2,1-2H3,(H,23,26). The zero-order chi connectivity index (χ0) is 22.5. The number of alkyl halides is 3. The minimum Gasteiger partial charge on any atom is -0.347 e. The number of halogens is 3. The lowest BCUT2D eigenvalue weighted by molar-refractivity contribution is -0.137. The van der Waals surface area contributed by atoms with E-state index in [0.717, 1.165) is 22.5 Å². The minimum absolute atomic E-state index is 0.0361. The molecular weight excluding hydrogens is 423 g/mol. The van der Waals surface area contributed by atoms with Crippen molar-refractivity contribution in [3.8, 4) is 0 Å². The molecule has 1 aliphatic heterocycles. The molecule has 0 saturated carbocycles. The summed E-state index contributed by atoms with van der Waals surface area (Å²) in [4.78, 5) is 25.0. The molecule has 1 fully saturated rings. The van der Waals surface area contributed by atoms with Gasteiger partial charge in [0.1, 0.15) is 0 Å². The van der Waals surface area contributed by atoms with Gasteiger partial charge in [-0.2, -0.15) is 17.5 Å². The Hall–Kier alpha value is -2.14. The Morgan fingerprint density at radius 1 is 1.13 bits per heavy atom. The van der Waals surface area contributed by atoms with Crippen molar-refractivity contribution < 1.29 is 31.2 Å². The third kappa shape index (κ3) is 6.43. The Bertz CT molecular complexity index is 864. The van der Waals surface area contributed by atoms with E-state index < -0.39 is 26.7 Å². The molecule has 11 heteroatoms. The summed E-state index contributed by atoms with van der Waals surface area (Å²) in [5.74, 6) is -0.176. The molecule has 30 heavy (non-hydrogen) atoms. The summed E-state index contributed by atoms with van der Waals surface area (Å²) < 4.78 is 65.0. The monoisotopic (exact) mass is 449 g/mol. The first-order valence-electron chi connectivity index (χ1n) is 9.63. The Morgan fingerprint density at radius 3 is 2.33 bits per heavy atom. The first kappa shape index (κ1) is 24.1. The molecule has 1 N–H and O–H groups in total. The first-order chi connectivity index (χ1) is 13.9.